The van der Waals surface area contributed by atoms with Gasteiger partial charge in [-0.25, -0.2) is 13.2 Å². The first-order chi connectivity index (χ1) is 8.74. The van der Waals surface area contributed by atoms with E-state index in [9.17, 15) is 13.2 Å². The molecular weight excluding hydrogens is 308 g/mol. The highest BCUT2D eigenvalue weighted by Crippen LogP contribution is 2.25. The smallest absolute Gasteiger partial charge is 0.337 e. The van der Waals surface area contributed by atoms with Crippen LogP contribution in [0.25, 0.3) is 0 Å². The van der Waals surface area contributed by atoms with Gasteiger partial charge in [0.1, 0.15) is 0 Å². The van der Waals surface area contributed by atoms with Gasteiger partial charge >= 0.3 is 5.97 Å². The van der Waals surface area contributed by atoms with Crippen molar-refractivity contribution >= 4 is 39.2 Å². The van der Waals surface area contributed by atoms with Crippen LogP contribution in [0.15, 0.2) is 23.1 Å². The number of aromatic carboxylic acids is 1. The molecule has 0 radical (unpaired) electrons. The summed E-state index contributed by atoms with van der Waals surface area (Å²) in [5.41, 5.74) is 0.0263. The molecule has 0 bridgehead atoms. The maximum Gasteiger partial charge on any atom is 0.337 e. The topological polar surface area (TPSA) is 71.4 Å². The zero-order valence-corrected chi connectivity index (χ0v) is 13.0. The van der Waals surface area contributed by atoms with Crippen LogP contribution in [0.2, 0.25) is 5.02 Å². The van der Waals surface area contributed by atoms with Crippen molar-refractivity contribution in [3.63, 3.8) is 0 Å². The van der Waals surface area contributed by atoms with Crippen LogP contribution >= 0.6 is 23.4 Å². The van der Waals surface area contributed by atoms with E-state index in [1.165, 1.54) is 23.9 Å². The van der Waals surface area contributed by atoms with Crippen molar-refractivity contribution in [2.75, 3.05) is 11.5 Å². The predicted molar refractivity (Wildman–Crippen MR) is 78.1 cm³/mol. The molecule has 0 aromatic heterocycles. The van der Waals surface area contributed by atoms with Crippen LogP contribution in [-0.4, -0.2) is 36.2 Å². The van der Waals surface area contributed by atoms with Crippen LogP contribution in [0.1, 0.15) is 24.2 Å². The summed E-state index contributed by atoms with van der Waals surface area (Å²) in [5, 5.41) is 8.71. The number of sulfone groups is 1. The molecule has 0 amide bonds. The molecule has 0 fully saturated rings. The number of rotatable bonds is 6. The average Bonchev–Trinajstić information content (AvgIpc) is 2.30. The van der Waals surface area contributed by atoms with Crippen molar-refractivity contribution in [2.24, 2.45) is 0 Å². The lowest BCUT2D eigenvalue weighted by Crippen LogP contribution is -2.18. The zero-order valence-electron chi connectivity index (χ0n) is 10.6. The first-order valence-electron chi connectivity index (χ1n) is 5.61. The molecule has 1 aromatic carbocycles. The Morgan fingerprint density at radius 3 is 2.58 bits per heavy atom. The Hall–Kier alpha value is -0.720. The molecule has 0 aliphatic heterocycles. The SMILES string of the molecule is CC(C)S(=O)(=O)CCSc1ccc(Cl)c(C(=O)O)c1. The Morgan fingerprint density at radius 1 is 1.42 bits per heavy atom. The molecule has 7 heteroatoms. The third kappa shape index (κ3) is 4.71. The normalized spacial score (nSPS) is 11.8. The summed E-state index contributed by atoms with van der Waals surface area (Å²) in [6, 6.07) is 4.64. The maximum absolute atomic E-state index is 11.6. The van der Waals surface area contributed by atoms with E-state index in [4.69, 9.17) is 16.7 Å². The van der Waals surface area contributed by atoms with E-state index in [1.807, 2.05) is 0 Å². The molecule has 0 aliphatic rings. The van der Waals surface area contributed by atoms with Crippen molar-refractivity contribution in [1.29, 1.82) is 0 Å². The fourth-order valence-corrected chi connectivity index (χ4v) is 3.80. The van der Waals surface area contributed by atoms with Gasteiger partial charge in [0.2, 0.25) is 0 Å². The van der Waals surface area contributed by atoms with Gasteiger partial charge in [0.25, 0.3) is 0 Å². The summed E-state index contributed by atoms with van der Waals surface area (Å²) >= 11 is 7.06. The summed E-state index contributed by atoms with van der Waals surface area (Å²) in [6.07, 6.45) is 0. The lowest BCUT2D eigenvalue weighted by atomic mass is 10.2. The van der Waals surface area contributed by atoms with Gasteiger partial charge < -0.3 is 5.11 Å². The molecule has 0 unspecified atom stereocenters. The Morgan fingerprint density at radius 2 is 2.05 bits per heavy atom. The lowest BCUT2D eigenvalue weighted by molar-refractivity contribution is 0.0697. The van der Waals surface area contributed by atoms with E-state index in [2.05, 4.69) is 0 Å². The summed E-state index contributed by atoms with van der Waals surface area (Å²) in [5.74, 6) is -0.635. The minimum absolute atomic E-state index is 0.0263. The molecule has 1 N–H and O–H groups in total. The number of carboxylic acids is 1. The number of hydrogen-bond acceptors (Lipinski definition) is 4. The summed E-state index contributed by atoms with van der Waals surface area (Å²) in [7, 11) is -3.07. The highest BCUT2D eigenvalue weighted by Gasteiger charge is 2.16. The van der Waals surface area contributed by atoms with Gasteiger partial charge in [0.05, 0.1) is 21.6 Å². The third-order valence-electron chi connectivity index (χ3n) is 2.52. The molecule has 1 rings (SSSR count). The second-order valence-electron chi connectivity index (χ2n) is 4.21. The maximum atomic E-state index is 11.6. The second-order valence-corrected chi connectivity index (χ2v) is 8.46. The molecule has 4 nitrogen and oxygen atoms in total. The summed E-state index contributed by atoms with van der Waals surface area (Å²) in [4.78, 5) is 11.6. The quantitative estimate of drug-likeness (QED) is 0.815. The first kappa shape index (κ1) is 16.3. The minimum atomic E-state index is -3.07. The third-order valence-corrected chi connectivity index (χ3v) is 6.32. The molecule has 0 atom stereocenters. The van der Waals surface area contributed by atoms with E-state index in [1.54, 1.807) is 19.9 Å². The molecule has 1 aromatic rings. The summed E-state index contributed by atoms with van der Waals surface area (Å²) < 4.78 is 23.2. The zero-order chi connectivity index (χ0) is 14.6. The van der Waals surface area contributed by atoms with Crippen molar-refractivity contribution in [2.45, 2.75) is 24.0 Å². The molecule has 106 valence electrons. The predicted octanol–water partition coefficient (Wildman–Crippen LogP) is 2.95. The standard InChI is InChI=1S/C12H15ClO4S2/c1-8(2)19(16,17)6-5-18-9-3-4-11(13)10(7-9)12(14)15/h3-4,7-8H,5-6H2,1-2H3,(H,14,15). The number of hydrogen-bond donors (Lipinski definition) is 1. The van der Waals surface area contributed by atoms with Crippen LogP contribution in [-0.2, 0) is 9.84 Å². The fraction of sp³-hybridized carbons (Fsp3) is 0.417. The molecule has 0 aliphatic carbocycles. The number of thioether (sulfide) groups is 1. The minimum Gasteiger partial charge on any atom is -0.478 e. The Balaban J connectivity index is 2.70. The van der Waals surface area contributed by atoms with Crippen LogP contribution in [0.3, 0.4) is 0 Å². The molecule has 0 spiro atoms. The van der Waals surface area contributed by atoms with E-state index < -0.39 is 21.1 Å². The second kappa shape index (κ2) is 6.63. The van der Waals surface area contributed by atoms with Crippen LogP contribution < -0.4 is 0 Å². The van der Waals surface area contributed by atoms with Crippen LogP contribution in [0.5, 0.6) is 0 Å². The summed E-state index contributed by atoms with van der Waals surface area (Å²) in [6.45, 7) is 3.29. The van der Waals surface area contributed by atoms with Crippen molar-refractivity contribution in [3.8, 4) is 0 Å². The Bertz CT molecular complexity index is 567. The van der Waals surface area contributed by atoms with Gasteiger partial charge in [0.15, 0.2) is 9.84 Å². The number of carboxylic acid groups (broad SMARTS) is 1. The van der Waals surface area contributed by atoms with Gasteiger partial charge in [-0.15, -0.1) is 11.8 Å². The van der Waals surface area contributed by atoms with Gasteiger partial charge in [-0.05, 0) is 32.0 Å². The molecule has 0 saturated heterocycles. The van der Waals surface area contributed by atoms with Gasteiger partial charge in [-0.1, -0.05) is 11.6 Å². The fourth-order valence-electron chi connectivity index (χ4n) is 1.27. The van der Waals surface area contributed by atoms with Gasteiger partial charge in [0, 0.05) is 10.6 Å². The Kier molecular flexibility index (Phi) is 5.70. The Labute approximate surface area is 122 Å². The van der Waals surface area contributed by atoms with Crippen molar-refractivity contribution in [3.05, 3.63) is 28.8 Å². The molecule has 0 saturated carbocycles. The molecule has 19 heavy (non-hydrogen) atoms. The molecular formula is C12H15ClO4S2. The molecule has 0 heterocycles. The van der Waals surface area contributed by atoms with E-state index in [-0.39, 0.29) is 16.3 Å². The highest BCUT2D eigenvalue weighted by molar-refractivity contribution is 8.00. The van der Waals surface area contributed by atoms with Gasteiger partial charge in [-0.2, -0.15) is 0 Å². The van der Waals surface area contributed by atoms with E-state index >= 15 is 0 Å². The van der Waals surface area contributed by atoms with Crippen molar-refractivity contribution < 1.29 is 18.3 Å². The monoisotopic (exact) mass is 322 g/mol. The first-order valence-corrected chi connectivity index (χ1v) is 8.69. The number of halogens is 1. The van der Waals surface area contributed by atoms with Crippen molar-refractivity contribution in [1.82, 2.24) is 0 Å². The number of benzene rings is 1. The van der Waals surface area contributed by atoms with Gasteiger partial charge in [-0.3, -0.25) is 0 Å². The van der Waals surface area contributed by atoms with Crippen LogP contribution in [0, 0.1) is 0 Å². The number of carbonyl (C=O) groups is 1. The lowest BCUT2D eigenvalue weighted by Gasteiger charge is -2.08. The largest absolute Gasteiger partial charge is 0.478 e. The average molecular weight is 323 g/mol. The van der Waals surface area contributed by atoms with E-state index in [0.717, 1.165) is 0 Å². The van der Waals surface area contributed by atoms with Crippen LogP contribution in [0.4, 0.5) is 0 Å². The highest BCUT2D eigenvalue weighted by atomic mass is 35.5. The van der Waals surface area contributed by atoms with E-state index in [0.29, 0.717) is 10.6 Å².